The third kappa shape index (κ3) is 11.1. The summed E-state index contributed by atoms with van der Waals surface area (Å²) in [6.45, 7) is 5.55. The summed E-state index contributed by atoms with van der Waals surface area (Å²) in [5.74, 6) is -0.738. The Hall–Kier alpha value is -4.03. The van der Waals surface area contributed by atoms with Crippen LogP contribution in [0.1, 0.15) is 68.8 Å². The number of aryl methyl sites for hydroxylation is 1. The lowest BCUT2D eigenvalue weighted by atomic mass is 9.91. The van der Waals surface area contributed by atoms with Crippen molar-refractivity contribution in [2.75, 3.05) is 12.9 Å². The molecule has 1 aromatic heterocycles. The summed E-state index contributed by atoms with van der Waals surface area (Å²) in [6.07, 6.45) is 5.43. The van der Waals surface area contributed by atoms with Crippen molar-refractivity contribution in [1.29, 1.82) is 0 Å². The molecule has 1 aliphatic carbocycles. The maximum Gasteiger partial charge on any atom is 0.407 e. The van der Waals surface area contributed by atoms with E-state index in [9.17, 15) is 22.4 Å². The van der Waals surface area contributed by atoms with Gasteiger partial charge in [-0.3, -0.25) is 8.98 Å². The number of aromatic nitrogens is 1. The molecule has 45 heavy (non-hydrogen) atoms. The normalized spacial score (nSPS) is 16.9. The van der Waals surface area contributed by atoms with Crippen LogP contribution in [0.15, 0.2) is 60.8 Å². The number of hydrogen-bond acceptors (Lipinski definition) is 8. The molecule has 10 nitrogen and oxygen atoms in total. The van der Waals surface area contributed by atoms with Gasteiger partial charge in [-0.05, 0) is 94.2 Å². The molecular weight excluding hydrogens is 601 g/mol. The molecule has 2 aromatic carbocycles. The van der Waals surface area contributed by atoms with E-state index in [4.69, 9.17) is 13.7 Å². The average molecular weight is 642 g/mol. The van der Waals surface area contributed by atoms with Crippen molar-refractivity contribution in [3.05, 3.63) is 77.7 Å². The van der Waals surface area contributed by atoms with Crippen LogP contribution in [0.3, 0.4) is 0 Å². The second-order valence-electron chi connectivity index (χ2n) is 12.1. The van der Waals surface area contributed by atoms with Gasteiger partial charge in [0.1, 0.15) is 22.7 Å². The number of ether oxygens (including phenoxy) is 2. The SMILES string of the molecule is CC(C)(C)OC(=O)N[C@H]1CC[C@H](NC(=O)c2cc(F)cnc2Oc2cccc(-c3ccc(CCCOS(C)(=O)=O)cc3)c2)CC1. The van der Waals surface area contributed by atoms with Crippen molar-refractivity contribution < 1.29 is 36.1 Å². The van der Waals surface area contributed by atoms with Crippen molar-refractivity contribution >= 4 is 22.1 Å². The highest BCUT2D eigenvalue weighted by Gasteiger charge is 2.27. The minimum atomic E-state index is -3.45. The second kappa shape index (κ2) is 14.8. The Bertz CT molecular complexity index is 1580. The van der Waals surface area contributed by atoms with Crippen LogP contribution in [0.25, 0.3) is 11.1 Å². The number of rotatable bonds is 11. The fourth-order valence-electron chi connectivity index (χ4n) is 4.99. The zero-order valence-electron chi connectivity index (χ0n) is 26.0. The lowest BCUT2D eigenvalue weighted by Crippen LogP contribution is -2.45. The van der Waals surface area contributed by atoms with Crippen LogP contribution < -0.4 is 15.4 Å². The first kappa shape index (κ1) is 33.9. The second-order valence-corrected chi connectivity index (χ2v) is 13.8. The Morgan fingerprint density at radius 3 is 2.27 bits per heavy atom. The lowest BCUT2D eigenvalue weighted by Gasteiger charge is -2.30. The van der Waals surface area contributed by atoms with Crippen LogP contribution in [0, 0.1) is 5.82 Å². The van der Waals surface area contributed by atoms with Gasteiger partial charge in [-0.25, -0.2) is 14.2 Å². The van der Waals surface area contributed by atoms with E-state index in [1.165, 1.54) is 0 Å². The molecule has 12 heteroatoms. The number of hydrogen-bond donors (Lipinski definition) is 2. The standard InChI is InChI=1S/C33H40FN3O7S/c1-33(2,3)44-32(39)37-27-16-14-26(15-17-27)36-30(38)29-20-25(34)21-35-31(29)43-28-9-5-8-24(19-28)23-12-10-22(11-13-23)7-6-18-42-45(4,40)41/h5,8-13,19-21,26-27H,6-7,14-18H2,1-4H3,(H,36,38)(H,37,39)/t26-,27-. The summed E-state index contributed by atoms with van der Waals surface area (Å²) in [5, 5.41) is 5.84. The Morgan fingerprint density at radius 2 is 1.62 bits per heavy atom. The molecule has 0 spiro atoms. The smallest absolute Gasteiger partial charge is 0.407 e. The van der Waals surface area contributed by atoms with Crippen LogP contribution in [-0.2, 0) is 25.5 Å². The summed E-state index contributed by atoms with van der Waals surface area (Å²) in [7, 11) is -3.45. The first-order chi connectivity index (χ1) is 21.2. The van der Waals surface area contributed by atoms with Gasteiger partial charge in [-0.1, -0.05) is 36.4 Å². The number of pyridine rings is 1. The average Bonchev–Trinajstić information content (AvgIpc) is 2.96. The summed E-state index contributed by atoms with van der Waals surface area (Å²) >= 11 is 0. The Morgan fingerprint density at radius 1 is 0.956 bits per heavy atom. The largest absolute Gasteiger partial charge is 0.444 e. The fraction of sp³-hybridized carbons (Fsp3) is 0.424. The summed E-state index contributed by atoms with van der Waals surface area (Å²) in [6, 6.07) is 16.0. The number of amides is 2. The number of carbonyl (C=O) groups is 2. The van der Waals surface area contributed by atoms with Crippen molar-refractivity contribution in [2.45, 2.75) is 77.0 Å². The molecule has 2 amide bonds. The molecule has 3 aromatic rings. The Balaban J connectivity index is 1.35. The Kier molecular flexibility index (Phi) is 11.2. The van der Waals surface area contributed by atoms with Gasteiger partial charge < -0.3 is 20.1 Å². The zero-order valence-corrected chi connectivity index (χ0v) is 26.8. The molecule has 0 radical (unpaired) electrons. The number of carbonyl (C=O) groups excluding carboxylic acids is 2. The quantitative estimate of drug-likeness (QED) is 0.188. The minimum Gasteiger partial charge on any atom is -0.444 e. The lowest BCUT2D eigenvalue weighted by molar-refractivity contribution is 0.0487. The van der Waals surface area contributed by atoms with Gasteiger partial charge in [-0.15, -0.1) is 0 Å². The molecule has 0 atom stereocenters. The van der Waals surface area contributed by atoms with Crippen LogP contribution in [0.5, 0.6) is 11.6 Å². The van der Waals surface area contributed by atoms with Crippen LogP contribution in [0.2, 0.25) is 0 Å². The number of benzene rings is 2. The predicted molar refractivity (Wildman–Crippen MR) is 168 cm³/mol. The summed E-state index contributed by atoms with van der Waals surface area (Å²) < 4.78 is 52.5. The number of halogens is 1. The molecule has 0 unspecified atom stereocenters. The zero-order chi connectivity index (χ0) is 32.6. The maximum atomic E-state index is 14.2. The highest BCUT2D eigenvalue weighted by molar-refractivity contribution is 7.85. The molecule has 1 saturated carbocycles. The highest BCUT2D eigenvalue weighted by Crippen LogP contribution is 2.29. The van der Waals surface area contributed by atoms with E-state index in [1.54, 1.807) is 32.9 Å². The topological polar surface area (TPSA) is 133 Å². The predicted octanol–water partition coefficient (Wildman–Crippen LogP) is 6.15. The monoisotopic (exact) mass is 641 g/mol. The van der Waals surface area contributed by atoms with Gasteiger partial charge in [-0.2, -0.15) is 8.42 Å². The first-order valence-corrected chi connectivity index (χ1v) is 16.7. The van der Waals surface area contributed by atoms with Crippen LogP contribution >= 0.6 is 0 Å². The molecule has 2 N–H and O–H groups in total. The molecule has 0 aliphatic heterocycles. The van der Waals surface area contributed by atoms with E-state index in [1.807, 2.05) is 36.4 Å². The molecule has 242 valence electrons. The van der Waals surface area contributed by atoms with E-state index in [0.717, 1.165) is 35.2 Å². The van der Waals surface area contributed by atoms with Gasteiger partial charge in [0.25, 0.3) is 16.0 Å². The third-order valence-electron chi connectivity index (χ3n) is 7.09. The van der Waals surface area contributed by atoms with Gasteiger partial charge in [0.2, 0.25) is 5.88 Å². The highest BCUT2D eigenvalue weighted by atomic mass is 32.2. The van der Waals surface area contributed by atoms with Crippen molar-refractivity contribution in [1.82, 2.24) is 15.6 Å². The fourth-order valence-corrected chi connectivity index (χ4v) is 5.41. The van der Waals surface area contributed by atoms with E-state index >= 15 is 0 Å². The van der Waals surface area contributed by atoms with Crippen molar-refractivity contribution in [3.63, 3.8) is 0 Å². The molecule has 0 saturated heterocycles. The van der Waals surface area contributed by atoms with Gasteiger partial charge in [0.15, 0.2) is 0 Å². The molecule has 0 bridgehead atoms. The van der Waals surface area contributed by atoms with E-state index < -0.39 is 33.5 Å². The summed E-state index contributed by atoms with van der Waals surface area (Å²) in [4.78, 5) is 29.4. The van der Waals surface area contributed by atoms with Crippen LogP contribution in [0.4, 0.5) is 9.18 Å². The van der Waals surface area contributed by atoms with E-state index in [-0.39, 0.29) is 30.1 Å². The molecule has 1 aliphatic rings. The molecular formula is C33H40FN3O7S. The maximum absolute atomic E-state index is 14.2. The van der Waals surface area contributed by atoms with Gasteiger partial charge in [0, 0.05) is 12.1 Å². The molecule has 4 rings (SSSR count). The van der Waals surface area contributed by atoms with Gasteiger partial charge in [0.05, 0.1) is 19.1 Å². The molecule has 1 fully saturated rings. The number of alkyl carbamates (subject to hydrolysis) is 1. The Labute approximate surface area is 263 Å². The summed E-state index contributed by atoms with van der Waals surface area (Å²) in [5.41, 5.74) is 2.24. The molecule has 1 heterocycles. The number of nitrogens with zero attached hydrogens (tertiary/aromatic N) is 1. The minimum absolute atomic E-state index is 0.0152. The van der Waals surface area contributed by atoms with Crippen molar-refractivity contribution in [2.24, 2.45) is 0 Å². The first-order valence-electron chi connectivity index (χ1n) is 14.9. The van der Waals surface area contributed by atoms with E-state index in [0.29, 0.717) is 44.3 Å². The number of nitrogens with one attached hydrogen (secondary N) is 2. The van der Waals surface area contributed by atoms with Gasteiger partial charge >= 0.3 is 6.09 Å². The third-order valence-corrected chi connectivity index (χ3v) is 7.68. The van der Waals surface area contributed by atoms with Crippen LogP contribution in [-0.4, -0.2) is 55.9 Å². The van der Waals surface area contributed by atoms with Crippen molar-refractivity contribution in [3.8, 4) is 22.8 Å². The van der Waals surface area contributed by atoms with E-state index in [2.05, 4.69) is 15.6 Å².